The summed E-state index contributed by atoms with van der Waals surface area (Å²) in [6.45, 7) is 0. The summed E-state index contributed by atoms with van der Waals surface area (Å²) in [6.07, 6.45) is 3.21. The number of nitro benzene ring substituents is 4. The van der Waals surface area contributed by atoms with E-state index in [9.17, 15) is 50.0 Å². The molecule has 0 aliphatic carbocycles. The van der Waals surface area contributed by atoms with Gasteiger partial charge in [0, 0.05) is 36.7 Å². The van der Waals surface area contributed by atoms with Gasteiger partial charge in [0.25, 0.3) is 22.7 Å². The highest BCUT2D eigenvalue weighted by Crippen LogP contribution is 2.28. The molecule has 0 amide bonds. The quantitative estimate of drug-likeness (QED) is 0.0350. The van der Waals surface area contributed by atoms with Gasteiger partial charge in [-0.3, -0.25) is 50.4 Å². The Morgan fingerprint density at radius 3 is 1.00 bits per heavy atom. The highest BCUT2D eigenvalue weighted by molar-refractivity contribution is 5.93. The fraction of sp³-hybridized carbons (Fsp3) is 0. The van der Waals surface area contributed by atoms with E-state index in [1.54, 1.807) is 36.7 Å². The maximum atomic E-state index is 12.6. The van der Waals surface area contributed by atoms with Crippen LogP contribution in [0, 0.1) is 40.5 Å². The highest BCUT2D eigenvalue weighted by Gasteiger charge is 2.22. The van der Waals surface area contributed by atoms with Crippen LogP contribution in [0.1, 0.15) is 31.8 Å². The number of aliphatic imine (C=N–C) groups is 2. The second-order valence-corrected chi connectivity index (χ2v) is 12.0. The van der Waals surface area contributed by atoms with Crippen LogP contribution in [0.4, 0.5) is 34.1 Å². The highest BCUT2D eigenvalue weighted by atomic mass is 16.6. The molecule has 58 heavy (non-hydrogen) atoms. The number of nitrogens with zero attached hydrogens (tertiary/aromatic N) is 6. The molecule has 0 aliphatic heterocycles. The van der Waals surface area contributed by atoms with Crippen LogP contribution in [-0.2, 0) is 0 Å². The van der Waals surface area contributed by atoms with E-state index in [-0.39, 0.29) is 22.6 Å². The molecule has 0 saturated carbocycles. The lowest BCUT2D eigenvalue weighted by atomic mass is 10.1. The second-order valence-electron chi connectivity index (χ2n) is 12.0. The maximum Gasteiger partial charge on any atom is 0.344 e. The molecule has 0 radical (unpaired) electrons. The van der Waals surface area contributed by atoms with Gasteiger partial charge >= 0.3 is 11.9 Å². The van der Waals surface area contributed by atoms with Crippen LogP contribution in [0.3, 0.4) is 0 Å². The SMILES string of the molecule is O=C(Oc1ccc(C=Nc2ccc(-c3ccc(N=Cc4ccc(OC(=O)c5cc([N+](=O)[O-])cc([N+](=O)[O-])c5)cc4)cc3)cc2)cc1)c1cc([N+](=O)[O-])cc([N+](=O)[O-])c1. The number of carbonyl (C=O) groups excluding carboxylic acids is 2. The zero-order valence-corrected chi connectivity index (χ0v) is 29.4. The molecule has 6 aromatic rings. The van der Waals surface area contributed by atoms with E-state index in [0.29, 0.717) is 22.5 Å². The first-order chi connectivity index (χ1) is 27.8. The first kappa shape index (κ1) is 38.9. The third kappa shape index (κ3) is 9.84. The minimum absolute atomic E-state index is 0.119. The molecular weight excluding hydrogens is 756 g/mol. The fourth-order valence-corrected chi connectivity index (χ4v) is 5.20. The molecule has 6 rings (SSSR count). The van der Waals surface area contributed by atoms with E-state index < -0.39 is 54.4 Å². The summed E-state index contributed by atoms with van der Waals surface area (Å²) >= 11 is 0. The third-order valence-corrected chi connectivity index (χ3v) is 8.09. The Balaban J connectivity index is 1.02. The van der Waals surface area contributed by atoms with Crippen molar-refractivity contribution in [3.8, 4) is 22.6 Å². The van der Waals surface area contributed by atoms with Gasteiger partial charge in [-0.15, -0.1) is 0 Å². The average molecular weight is 781 g/mol. The van der Waals surface area contributed by atoms with Crippen molar-refractivity contribution in [2.24, 2.45) is 9.98 Å². The average Bonchev–Trinajstić information content (AvgIpc) is 3.23. The number of non-ortho nitro benzene ring substituents is 4. The van der Waals surface area contributed by atoms with Gasteiger partial charge in [-0.05, 0) is 95.1 Å². The van der Waals surface area contributed by atoms with Gasteiger partial charge in [0.1, 0.15) is 11.5 Å². The van der Waals surface area contributed by atoms with Crippen LogP contribution in [-0.4, -0.2) is 44.1 Å². The first-order valence-electron chi connectivity index (χ1n) is 16.6. The minimum Gasteiger partial charge on any atom is -0.423 e. The summed E-state index contributed by atoms with van der Waals surface area (Å²) in [6, 6.07) is 32.6. The van der Waals surface area contributed by atoms with Crippen molar-refractivity contribution in [3.05, 3.63) is 196 Å². The van der Waals surface area contributed by atoms with Crippen LogP contribution in [0.2, 0.25) is 0 Å². The van der Waals surface area contributed by atoms with Crippen molar-refractivity contribution in [3.63, 3.8) is 0 Å². The van der Waals surface area contributed by atoms with Gasteiger partial charge < -0.3 is 9.47 Å². The topological polar surface area (TPSA) is 250 Å². The lowest BCUT2D eigenvalue weighted by molar-refractivity contribution is -0.394. The van der Waals surface area contributed by atoms with Crippen LogP contribution < -0.4 is 9.47 Å². The van der Waals surface area contributed by atoms with Crippen molar-refractivity contribution in [2.45, 2.75) is 0 Å². The number of hydrogen-bond donors (Lipinski definition) is 0. The number of rotatable bonds is 13. The molecule has 18 nitrogen and oxygen atoms in total. The molecular formula is C40H24N6O12. The summed E-state index contributed by atoms with van der Waals surface area (Å²) in [5.41, 5.74) is 1.43. The molecule has 0 aliphatic rings. The Bertz CT molecular complexity index is 2400. The van der Waals surface area contributed by atoms with E-state index in [1.165, 1.54) is 24.3 Å². The van der Waals surface area contributed by atoms with Gasteiger partial charge in [-0.1, -0.05) is 24.3 Å². The molecule has 6 aromatic carbocycles. The maximum absolute atomic E-state index is 12.6. The van der Waals surface area contributed by atoms with E-state index in [0.717, 1.165) is 47.5 Å². The lowest BCUT2D eigenvalue weighted by Gasteiger charge is -2.05. The lowest BCUT2D eigenvalue weighted by Crippen LogP contribution is -2.09. The molecule has 0 unspecified atom stereocenters. The summed E-state index contributed by atoms with van der Waals surface area (Å²) in [5, 5.41) is 44.5. The van der Waals surface area contributed by atoms with Gasteiger partial charge in [-0.25, -0.2) is 9.59 Å². The molecule has 286 valence electrons. The van der Waals surface area contributed by atoms with Crippen LogP contribution >= 0.6 is 0 Å². The minimum atomic E-state index is -0.995. The summed E-state index contributed by atoms with van der Waals surface area (Å²) in [5.74, 6) is -1.75. The number of esters is 2. The molecule has 0 bridgehead atoms. The largest absolute Gasteiger partial charge is 0.423 e. The summed E-state index contributed by atoms with van der Waals surface area (Å²) in [7, 11) is 0. The van der Waals surface area contributed by atoms with E-state index in [4.69, 9.17) is 9.47 Å². The molecule has 0 saturated heterocycles. The van der Waals surface area contributed by atoms with Crippen LogP contribution in [0.5, 0.6) is 11.5 Å². The molecule has 0 aromatic heterocycles. The van der Waals surface area contributed by atoms with Gasteiger partial charge in [0.05, 0.1) is 54.3 Å². The van der Waals surface area contributed by atoms with Crippen molar-refractivity contribution in [2.75, 3.05) is 0 Å². The summed E-state index contributed by atoms with van der Waals surface area (Å²) in [4.78, 5) is 75.2. The van der Waals surface area contributed by atoms with Gasteiger partial charge in [-0.2, -0.15) is 0 Å². The summed E-state index contributed by atoms with van der Waals surface area (Å²) < 4.78 is 10.5. The Hall–Kier alpha value is -8.80. The number of nitro groups is 4. The van der Waals surface area contributed by atoms with E-state index >= 15 is 0 Å². The number of ether oxygens (including phenoxy) is 2. The molecule has 0 heterocycles. The third-order valence-electron chi connectivity index (χ3n) is 8.09. The molecule has 0 spiro atoms. The van der Waals surface area contributed by atoms with Crippen molar-refractivity contribution in [1.29, 1.82) is 0 Å². The van der Waals surface area contributed by atoms with Crippen molar-refractivity contribution >= 4 is 58.5 Å². The molecule has 0 N–H and O–H groups in total. The predicted molar refractivity (Wildman–Crippen MR) is 209 cm³/mol. The van der Waals surface area contributed by atoms with E-state index in [2.05, 4.69) is 9.98 Å². The van der Waals surface area contributed by atoms with E-state index in [1.807, 2.05) is 48.5 Å². The molecule has 0 atom stereocenters. The molecule has 0 fully saturated rings. The number of hydrogen-bond acceptors (Lipinski definition) is 14. The smallest absolute Gasteiger partial charge is 0.344 e. The predicted octanol–water partition coefficient (Wildman–Crippen LogP) is 8.93. The fourth-order valence-electron chi connectivity index (χ4n) is 5.20. The first-order valence-corrected chi connectivity index (χ1v) is 16.6. The Morgan fingerprint density at radius 1 is 0.431 bits per heavy atom. The Labute approximate surface area is 325 Å². The normalized spacial score (nSPS) is 11.0. The van der Waals surface area contributed by atoms with Crippen molar-refractivity contribution < 1.29 is 38.8 Å². The monoisotopic (exact) mass is 780 g/mol. The second kappa shape index (κ2) is 17.1. The Morgan fingerprint density at radius 2 is 0.724 bits per heavy atom. The Kier molecular flexibility index (Phi) is 11.5. The van der Waals surface area contributed by atoms with Crippen molar-refractivity contribution in [1.82, 2.24) is 0 Å². The number of carbonyl (C=O) groups is 2. The van der Waals surface area contributed by atoms with Gasteiger partial charge in [0.15, 0.2) is 0 Å². The standard InChI is InChI=1S/C40H24N6O12/c47-39(29-17-33(43(49)50)21-34(18-29)44(51)52)57-37-13-1-25(2-14-37)23-41-31-9-5-27(6-10-31)28-7-11-32(12-8-28)42-24-26-3-15-38(16-4-26)58-40(48)30-19-35(45(53)54)22-36(20-30)46(55)56/h1-24H. The zero-order chi connectivity index (χ0) is 41.3. The zero-order valence-electron chi connectivity index (χ0n) is 29.4. The molecule has 18 heteroatoms. The van der Waals surface area contributed by atoms with Crippen LogP contribution in [0.25, 0.3) is 11.1 Å². The van der Waals surface area contributed by atoms with Crippen LogP contribution in [0.15, 0.2) is 143 Å². The van der Waals surface area contributed by atoms with Gasteiger partial charge in [0.2, 0.25) is 0 Å². The number of benzene rings is 6.